The normalized spacial score (nSPS) is 12.8. The van der Waals surface area contributed by atoms with Gasteiger partial charge in [0, 0.05) is 0 Å². The van der Waals surface area contributed by atoms with Gasteiger partial charge in [0.05, 0.1) is 0 Å². The van der Waals surface area contributed by atoms with Gasteiger partial charge in [-0.3, -0.25) is 0 Å². The number of ketones is 2. The van der Waals surface area contributed by atoms with E-state index in [2.05, 4.69) is 4.90 Å². The van der Waals surface area contributed by atoms with Gasteiger partial charge in [-0.15, -0.1) is 0 Å². The molecule has 0 radical (unpaired) electrons. The fourth-order valence-corrected chi connectivity index (χ4v) is 6.68. The van der Waals surface area contributed by atoms with Crippen LogP contribution in [0.4, 0.5) is 33.5 Å². The number of nitrogens with zero attached hydrogens (tertiary/aromatic N) is 1. The maximum absolute atomic E-state index is 14.3. The quantitative estimate of drug-likeness (QED) is 0.0560. The Bertz CT molecular complexity index is 1760. The zero-order chi connectivity index (χ0) is 26.6. The minimum absolute atomic E-state index is 0.428. The predicted molar refractivity (Wildman–Crippen MR) is 138 cm³/mol. The number of allylic oxidation sites excluding steroid dienone is 1. The zero-order valence-corrected chi connectivity index (χ0v) is 21.1. The van der Waals surface area contributed by atoms with E-state index in [0.29, 0.717) is 4.44 Å². The molecular formula is C30H15F4NO2Se. The fourth-order valence-electron chi connectivity index (χ4n) is 4.61. The second kappa shape index (κ2) is 9.24. The van der Waals surface area contributed by atoms with Gasteiger partial charge >= 0.3 is 220 Å². The number of carbonyl (C=O) groups excluding carboxylic acids is 2. The van der Waals surface area contributed by atoms with Crippen molar-refractivity contribution in [3.8, 4) is 0 Å². The number of carbonyl (C=O) groups is 2. The Morgan fingerprint density at radius 1 is 0.632 bits per heavy atom. The molecule has 0 amide bonds. The van der Waals surface area contributed by atoms with Crippen LogP contribution >= 0.6 is 0 Å². The molecule has 38 heavy (non-hydrogen) atoms. The summed E-state index contributed by atoms with van der Waals surface area (Å²) in [6.45, 7) is 0. The summed E-state index contributed by atoms with van der Waals surface area (Å²) in [7, 11) is 0. The molecule has 0 aliphatic heterocycles. The van der Waals surface area contributed by atoms with E-state index >= 15 is 0 Å². The molecule has 1 heterocycles. The van der Waals surface area contributed by atoms with Gasteiger partial charge in [0.15, 0.2) is 0 Å². The molecule has 0 N–H and O–H groups in total. The van der Waals surface area contributed by atoms with Crippen LogP contribution in [0.1, 0.15) is 25.2 Å². The number of anilines is 3. The molecule has 5 aromatic rings. The third-order valence-corrected chi connectivity index (χ3v) is 8.49. The molecule has 0 saturated heterocycles. The van der Waals surface area contributed by atoms with Gasteiger partial charge in [0.2, 0.25) is 0 Å². The third-order valence-electron chi connectivity index (χ3n) is 6.35. The molecule has 4 aromatic carbocycles. The van der Waals surface area contributed by atoms with Crippen molar-refractivity contribution in [1.82, 2.24) is 0 Å². The number of Topliss-reactive ketones (excluding diaryl/α,β-unsaturated/α-hetero) is 2. The van der Waals surface area contributed by atoms with Crippen molar-refractivity contribution in [1.29, 1.82) is 0 Å². The number of hydrogen-bond acceptors (Lipinski definition) is 3. The van der Waals surface area contributed by atoms with E-state index < -0.39 is 66.0 Å². The van der Waals surface area contributed by atoms with Crippen molar-refractivity contribution in [3.63, 3.8) is 0 Å². The molecule has 0 fully saturated rings. The second-order valence-electron chi connectivity index (χ2n) is 8.57. The first kappa shape index (κ1) is 24.1. The standard InChI is InChI=1S/C30H15F4NO2Se/c31-25-23-24(26(32)28(34)27(25)33)30(37)20(29(23)36)15-18-13-14-22(38-18)35(17-9-2-1-3-10-17)21-12-6-8-16-7-4-5-11-19(16)21/h1-15H. The molecule has 0 bridgehead atoms. The van der Waals surface area contributed by atoms with E-state index in [1.54, 1.807) is 6.07 Å². The summed E-state index contributed by atoms with van der Waals surface area (Å²) < 4.78 is 57.6. The molecule has 0 atom stereocenters. The Kier molecular flexibility index (Phi) is 5.86. The molecule has 3 nitrogen and oxygen atoms in total. The number of rotatable bonds is 4. The molecule has 186 valence electrons. The summed E-state index contributed by atoms with van der Waals surface area (Å²) in [5.74, 6) is -10.3. The molecular weight excluding hydrogens is 561 g/mol. The number of para-hydroxylation sites is 1. The van der Waals surface area contributed by atoms with Crippen LogP contribution in [-0.4, -0.2) is 26.1 Å². The molecule has 1 aliphatic rings. The first-order chi connectivity index (χ1) is 18.4. The Morgan fingerprint density at radius 2 is 1.24 bits per heavy atom. The molecule has 0 spiro atoms. The van der Waals surface area contributed by atoms with Gasteiger partial charge in [0.25, 0.3) is 0 Å². The SMILES string of the molecule is O=C1C(=Cc2ccc(N(c3ccccc3)c3cccc4ccccc34)[se]2)C(=O)c2c(F)c(F)c(F)c(F)c21. The second-order valence-corrected chi connectivity index (χ2v) is 10.9. The Hall–Kier alpha value is -4.26. The van der Waals surface area contributed by atoms with Crippen LogP contribution in [0.3, 0.4) is 0 Å². The average Bonchev–Trinajstić information content (AvgIpc) is 3.50. The zero-order valence-electron chi connectivity index (χ0n) is 19.3. The van der Waals surface area contributed by atoms with Crippen molar-refractivity contribution in [3.05, 3.63) is 129 Å². The molecule has 1 aromatic heterocycles. The van der Waals surface area contributed by atoms with Crippen molar-refractivity contribution in [2.75, 3.05) is 4.90 Å². The van der Waals surface area contributed by atoms with E-state index in [-0.39, 0.29) is 0 Å². The van der Waals surface area contributed by atoms with Crippen molar-refractivity contribution >= 4 is 58.9 Å². The number of fused-ring (bicyclic) bond motifs is 2. The average molecular weight is 576 g/mol. The van der Waals surface area contributed by atoms with E-state index in [4.69, 9.17) is 0 Å². The Morgan fingerprint density at radius 3 is 1.92 bits per heavy atom. The molecule has 6 rings (SSSR count). The van der Waals surface area contributed by atoms with Crippen molar-refractivity contribution in [2.24, 2.45) is 0 Å². The monoisotopic (exact) mass is 577 g/mol. The summed E-state index contributed by atoms with van der Waals surface area (Å²) in [4.78, 5) is 27.7. The van der Waals surface area contributed by atoms with E-state index in [1.807, 2.05) is 78.9 Å². The van der Waals surface area contributed by atoms with Crippen LogP contribution < -0.4 is 4.90 Å². The van der Waals surface area contributed by atoms with Gasteiger partial charge in [-0.1, -0.05) is 0 Å². The predicted octanol–water partition coefficient (Wildman–Crippen LogP) is 7.39. The summed E-state index contributed by atoms with van der Waals surface area (Å²) >= 11 is -0.428. The van der Waals surface area contributed by atoms with Crippen LogP contribution in [-0.2, 0) is 0 Å². The first-order valence-corrected chi connectivity index (χ1v) is 13.2. The summed E-state index contributed by atoms with van der Waals surface area (Å²) in [6.07, 6.45) is 1.26. The van der Waals surface area contributed by atoms with Crippen LogP contribution in [0, 0.1) is 23.3 Å². The number of halogens is 4. The maximum atomic E-state index is 14.3. The van der Waals surface area contributed by atoms with E-state index in [0.717, 1.165) is 26.7 Å². The third kappa shape index (κ3) is 3.72. The molecule has 1 aliphatic carbocycles. The van der Waals surface area contributed by atoms with Gasteiger partial charge in [-0.25, -0.2) is 0 Å². The van der Waals surface area contributed by atoms with E-state index in [9.17, 15) is 27.2 Å². The fraction of sp³-hybridized carbons (Fsp3) is 0. The summed E-state index contributed by atoms with van der Waals surface area (Å²) in [5, 5.41) is 2.07. The van der Waals surface area contributed by atoms with Crippen LogP contribution in [0.25, 0.3) is 16.8 Å². The van der Waals surface area contributed by atoms with Crippen molar-refractivity contribution < 1.29 is 27.2 Å². The minimum atomic E-state index is -2.12. The molecule has 0 unspecified atom stereocenters. The van der Waals surface area contributed by atoms with Gasteiger partial charge in [0.1, 0.15) is 0 Å². The van der Waals surface area contributed by atoms with Crippen LogP contribution in [0.5, 0.6) is 0 Å². The summed E-state index contributed by atoms with van der Waals surface area (Å²) in [5.41, 5.74) is -0.839. The molecule has 0 saturated carbocycles. The topological polar surface area (TPSA) is 37.4 Å². The van der Waals surface area contributed by atoms with Gasteiger partial charge < -0.3 is 0 Å². The molecule has 8 heteroatoms. The Balaban J connectivity index is 1.46. The van der Waals surface area contributed by atoms with Crippen LogP contribution in [0.15, 0.2) is 90.5 Å². The van der Waals surface area contributed by atoms with Crippen molar-refractivity contribution in [2.45, 2.75) is 0 Å². The first-order valence-electron chi connectivity index (χ1n) is 11.5. The van der Waals surface area contributed by atoms with Crippen LogP contribution in [0.2, 0.25) is 0 Å². The van der Waals surface area contributed by atoms with E-state index in [1.165, 1.54) is 6.08 Å². The number of hydrogen-bond donors (Lipinski definition) is 0. The van der Waals surface area contributed by atoms with Gasteiger partial charge in [-0.2, -0.15) is 0 Å². The summed E-state index contributed by atoms with van der Waals surface area (Å²) in [6, 6.07) is 27.2. The van der Waals surface area contributed by atoms with Gasteiger partial charge in [-0.05, 0) is 0 Å². The Labute approximate surface area is 220 Å². The number of benzene rings is 4.